The van der Waals surface area contributed by atoms with E-state index >= 15 is 0 Å². The molecule has 17 heavy (non-hydrogen) atoms. The lowest BCUT2D eigenvalue weighted by atomic mass is 10.0. The molecule has 1 unspecified atom stereocenters. The Morgan fingerprint density at radius 1 is 1.47 bits per heavy atom. The summed E-state index contributed by atoms with van der Waals surface area (Å²) >= 11 is 4.77. The normalized spacial score (nSPS) is 12.7. The third-order valence-corrected chi connectivity index (χ3v) is 3.92. The van der Waals surface area contributed by atoms with Gasteiger partial charge in [0, 0.05) is 10.9 Å². The molecule has 0 aliphatic heterocycles. The third kappa shape index (κ3) is 2.56. The highest BCUT2D eigenvalue weighted by molar-refractivity contribution is 9.10. The molecule has 2 rings (SSSR count). The van der Waals surface area contributed by atoms with E-state index < -0.39 is 0 Å². The molecule has 1 aromatic heterocycles. The second kappa shape index (κ2) is 5.25. The molecular formula is C12H12BrFN2S. The molecule has 1 heterocycles. The minimum absolute atomic E-state index is 0.211. The summed E-state index contributed by atoms with van der Waals surface area (Å²) in [5.41, 5.74) is 1.46. The average molecular weight is 315 g/mol. The number of halogens is 2. The van der Waals surface area contributed by atoms with Crippen LogP contribution in [0.2, 0.25) is 0 Å². The highest BCUT2D eigenvalue weighted by Crippen LogP contribution is 2.28. The maximum atomic E-state index is 14.0. The summed E-state index contributed by atoms with van der Waals surface area (Å²) in [5, 5.41) is 6.04. The monoisotopic (exact) mass is 314 g/mol. The standard InChI is InChI=1S/C12H12BrFN2S/c1-7-16-10(6-17-7)12(15-2)8-4-3-5-9(13)11(8)14/h3-6,12,15H,1-2H3. The first-order valence-electron chi connectivity index (χ1n) is 5.16. The van der Waals surface area contributed by atoms with Gasteiger partial charge in [-0.3, -0.25) is 0 Å². The van der Waals surface area contributed by atoms with Crippen LogP contribution in [0.4, 0.5) is 4.39 Å². The van der Waals surface area contributed by atoms with Crippen molar-refractivity contribution in [2.75, 3.05) is 7.05 Å². The van der Waals surface area contributed by atoms with E-state index in [1.54, 1.807) is 30.5 Å². The molecule has 0 fully saturated rings. The molecule has 2 nitrogen and oxygen atoms in total. The highest BCUT2D eigenvalue weighted by Gasteiger charge is 2.19. The summed E-state index contributed by atoms with van der Waals surface area (Å²) in [4.78, 5) is 4.40. The van der Waals surface area contributed by atoms with Gasteiger partial charge in [-0.25, -0.2) is 9.37 Å². The minimum atomic E-state index is -0.238. The molecule has 0 aliphatic carbocycles. The van der Waals surface area contributed by atoms with Crippen LogP contribution in [0.25, 0.3) is 0 Å². The summed E-state index contributed by atoms with van der Waals surface area (Å²) in [5.74, 6) is -0.238. The number of nitrogens with one attached hydrogen (secondary N) is 1. The Kier molecular flexibility index (Phi) is 3.91. The van der Waals surface area contributed by atoms with Gasteiger partial charge in [0.25, 0.3) is 0 Å². The lowest BCUT2D eigenvalue weighted by molar-refractivity contribution is 0.566. The van der Waals surface area contributed by atoms with E-state index in [9.17, 15) is 4.39 Å². The van der Waals surface area contributed by atoms with Crippen LogP contribution in [0.3, 0.4) is 0 Å². The molecular weight excluding hydrogens is 303 g/mol. The quantitative estimate of drug-likeness (QED) is 0.935. The van der Waals surface area contributed by atoms with E-state index in [1.165, 1.54) is 0 Å². The van der Waals surface area contributed by atoms with Crippen LogP contribution >= 0.6 is 27.3 Å². The van der Waals surface area contributed by atoms with Gasteiger partial charge in [-0.2, -0.15) is 0 Å². The zero-order valence-electron chi connectivity index (χ0n) is 9.50. The first-order chi connectivity index (χ1) is 8.13. The Morgan fingerprint density at radius 3 is 2.82 bits per heavy atom. The lowest BCUT2D eigenvalue weighted by Gasteiger charge is -2.15. The van der Waals surface area contributed by atoms with Gasteiger partial charge in [0.15, 0.2) is 0 Å². The molecule has 2 aromatic rings. The Labute approximate surface area is 112 Å². The number of rotatable bonds is 3. The van der Waals surface area contributed by atoms with Crippen molar-refractivity contribution in [2.45, 2.75) is 13.0 Å². The summed E-state index contributed by atoms with van der Waals surface area (Å²) < 4.78 is 14.5. The predicted octanol–water partition coefficient (Wildman–Crippen LogP) is 3.66. The smallest absolute Gasteiger partial charge is 0.142 e. The van der Waals surface area contributed by atoms with Gasteiger partial charge >= 0.3 is 0 Å². The van der Waals surface area contributed by atoms with E-state index in [4.69, 9.17) is 0 Å². The molecule has 0 bridgehead atoms. The SMILES string of the molecule is CNC(c1csc(C)n1)c1cccc(Br)c1F. The number of benzene rings is 1. The molecule has 0 saturated carbocycles. The largest absolute Gasteiger partial charge is 0.308 e. The highest BCUT2D eigenvalue weighted by atomic mass is 79.9. The number of aryl methyl sites for hydroxylation is 1. The fourth-order valence-corrected chi connectivity index (χ4v) is 2.74. The molecule has 0 radical (unpaired) electrons. The number of nitrogens with zero attached hydrogens (tertiary/aromatic N) is 1. The van der Waals surface area contributed by atoms with Crippen molar-refractivity contribution in [2.24, 2.45) is 0 Å². The zero-order valence-corrected chi connectivity index (χ0v) is 11.9. The average Bonchev–Trinajstić information content (AvgIpc) is 2.72. The fraction of sp³-hybridized carbons (Fsp3) is 0.250. The molecule has 90 valence electrons. The summed E-state index contributed by atoms with van der Waals surface area (Å²) in [6, 6.07) is 5.08. The fourth-order valence-electron chi connectivity index (χ4n) is 1.72. The van der Waals surface area contributed by atoms with Gasteiger partial charge in [0.1, 0.15) is 5.82 Å². The molecule has 1 aromatic carbocycles. The number of hydrogen-bond donors (Lipinski definition) is 1. The molecule has 0 spiro atoms. The number of thiazole rings is 1. The molecule has 0 aliphatic rings. The van der Waals surface area contributed by atoms with Gasteiger partial charge in [0.2, 0.25) is 0 Å². The van der Waals surface area contributed by atoms with Crippen LogP contribution < -0.4 is 5.32 Å². The van der Waals surface area contributed by atoms with E-state index in [0.717, 1.165) is 10.7 Å². The van der Waals surface area contributed by atoms with Gasteiger partial charge < -0.3 is 5.32 Å². The first kappa shape index (κ1) is 12.7. The van der Waals surface area contributed by atoms with E-state index in [1.807, 2.05) is 18.4 Å². The van der Waals surface area contributed by atoms with Gasteiger partial charge in [-0.1, -0.05) is 12.1 Å². The number of hydrogen-bond acceptors (Lipinski definition) is 3. The van der Waals surface area contributed by atoms with E-state index in [0.29, 0.717) is 10.0 Å². The van der Waals surface area contributed by atoms with Gasteiger partial charge in [-0.05, 0) is 36.0 Å². The van der Waals surface area contributed by atoms with Crippen molar-refractivity contribution >= 4 is 27.3 Å². The van der Waals surface area contributed by atoms with Crippen molar-refractivity contribution < 1.29 is 4.39 Å². The molecule has 5 heteroatoms. The molecule has 0 saturated heterocycles. The Hall–Kier alpha value is -0.780. The van der Waals surface area contributed by atoms with Crippen LogP contribution in [0.15, 0.2) is 28.1 Å². The van der Waals surface area contributed by atoms with Crippen molar-refractivity contribution in [3.8, 4) is 0 Å². The Balaban J connectivity index is 2.45. The van der Waals surface area contributed by atoms with E-state index in [2.05, 4.69) is 26.2 Å². The Morgan fingerprint density at radius 2 is 2.24 bits per heavy atom. The van der Waals surface area contributed by atoms with Crippen LogP contribution in [0.5, 0.6) is 0 Å². The topological polar surface area (TPSA) is 24.9 Å². The minimum Gasteiger partial charge on any atom is -0.308 e. The second-order valence-electron chi connectivity index (χ2n) is 3.66. The maximum Gasteiger partial charge on any atom is 0.142 e. The van der Waals surface area contributed by atoms with E-state index in [-0.39, 0.29) is 11.9 Å². The summed E-state index contributed by atoms with van der Waals surface area (Å²) in [7, 11) is 1.81. The molecule has 0 amide bonds. The van der Waals surface area contributed by atoms with Crippen molar-refractivity contribution in [1.29, 1.82) is 0 Å². The Bertz CT molecular complexity index is 527. The van der Waals surface area contributed by atoms with Gasteiger partial charge in [0.05, 0.1) is 21.2 Å². The number of aromatic nitrogens is 1. The maximum absolute atomic E-state index is 14.0. The van der Waals surface area contributed by atoms with Crippen LogP contribution in [0, 0.1) is 12.7 Å². The zero-order chi connectivity index (χ0) is 12.4. The third-order valence-electron chi connectivity index (χ3n) is 2.51. The molecule has 1 atom stereocenters. The lowest BCUT2D eigenvalue weighted by Crippen LogP contribution is -2.19. The molecule has 1 N–H and O–H groups in total. The van der Waals surface area contributed by atoms with Crippen molar-refractivity contribution in [3.63, 3.8) is 0 Å². The van der Waals surface area contributed by atoms with Crippen LogP contribution in [-0.4, -0.2) is 12.0 Å². The van der Waals surface area contributed by atoms with Crippen molar-refractivity contribution in [3.05, 3.63) is 50.1 Å². The first-order valence-corrected chi connectivity index (χ1v) is 6.84. The van der Waals surface area contributed by atoms with Gasteiger partial charge in [-0.15, -0.1) is 11.3 Å². The van der Waals surface area contributed by atoms with Crippen LogP contribution in [0.1, 0.15) is 22.3 Å². The second-order valence-corrected chi connectivity index (χ2v) is 5.57. The van der Waals surface area contributed by atoms with Crippen molar-refractivity contribution in [1.82, 2.24) is 10.3 Å². The summed E-state index contributed by atoms with van der Waals surface area (Å²) in [6.07, 6.45) is 0. The predicted molar refractivity (Wildman–Crippen MR) is 71.9 cm³/mol. The van der Waals surface area contributed by atoms with Crippen LogP contribution in [-0.2, 0) is 0 Å². The summed E-state index contributed by atoms with van der Waals surface area (Å²) in [6.45, 7) is 1.94.